The Hall–Kier alpha value is -1.62. The number of oxazole rings is 1. The van der Waals surface area contributed by atoms with Gasteiger partial charge in [-0.25, -0.2) is 4.98 Å². The monoisotopic (exact) mass is 205 g/mol. The predicted molar refractivity (Wildman–Crippen MR) is 54.6 cm³/mol. The number of rotatable bonds is 1. The summed E-state index contributed by atoms with van der Waals surface area (Å²) in [5.74, 6) is 0. The Kier molecular flexibility index (Phi) is 1.85. The van der Waals surface area contributed by atoms with E-state index >= 15 is 0 Å². The fourth-order valence-electron chi connectivity index (χ4n) is 2.10. The van der Waals surface area contributed by atoms with Crippen LogP contribution in [0.25, 0.3) is 11.1 Å². The number of aromatic nitrogens is 2. The van der Waals surface area contributed by atoms with Crippen molar-refractivity contribution >= 4 is 11.1 Å². The molecule has 78 valence electrons. The molecule has 3 heterocycles. The third kappa shape index (κ3) is 1.27. The summed E-state index contributed by atoms with van der Waals surface area (Å²) in [7, 11) is 0. The van der Waals surface area contributed by atoms with Crippen LogP contribution in [-0.2, 0) is 0 Å². The molecule has 2 N–H and O–H groups in total. The molecule has 0 aromatic carbocycles. The molecule has 1 aliphatic heterocycles. The number of H-pyrrole nitrogens is 1. The number of fused-ring (bicyclic) bond motifs is 1. The lowest BCUT2D eigenvalue weighted by Crippen LogP contribution is -2.16. The molecule has 0 aliphatic carbocycles. The summed E-state index contributed by atoms with van der Waals surface area (Å²) in [6.45, 7) is 1.01. The van der Waals surface area contributed by atoms with Gasteiger partial charge >= 0.3 is 0 Å². The minimum absolute atomic E-state index is 0.194. The Morgan fingerprint density at radius 1 is 1.53 bits per heavy atom. The lowest BCUT2D eigenvalue weighted by Gasteiger charge is -2.09. The molecule has 0 unspecified atom stereocenters. The van der Waals surface area contributed by atoms with Crippen molar-refractivity contribution in [2.45, 2.75) is 18.9 Å². The van der Waals surface area contributed by atoms with E-state index in [1.165, 1.54) is 6.39 Å². The zero-order valence-corrected chi connectivity index (χ0v) is 8.12. The summed E-state index contributed by atoms with van der Waals surface area (Å²) in [6.07, 6.45) is 5.26. The SMILES string of the molecule is O=c1[nH]cc([C@@H]2CCCN2)c2ocnc12. The topological polar surface area (TPSA) is 70.9 Å². The minimum Gasteiger partial charge on any atom is -0.443 e. The van der Waals surface area contributed by atoms with Crippen LogP contribution in [-0.4, -0.2) is 16.5 Å². The molecular formula is C10H11N3O2. The highest BCUT2D eigenvalue weighted by atomic mass is 16.3. The van der Waals surface area contributed by atoms with E-state index in [1.807, 2.05) is 0 Å². The van der Waals surface area contributed by atoms with Gasteiger partial charge in [0.05, 0.1) is 0 Å². The Bertz CT molecular complexity index is 537. The van der Waals surface area contributed by atoms with E-state index in [2.05, 4.69) is 15.3 Å². The highest BCUT2D eigenvalue weighted by molar-refractivity contribution is 5.74. The van der Waals surface area contributed by atoms with Crippen molar-refractivity contribution in [2.75, 3.05) is 6.54 Å². The zero-order chi connectivity index (χ0) is 10.3. The molecule has 5 nitrogen and oxygen atoms in total. The van der Waals surface area contributed by atoms with Gasteiger partial charge in [-0.1, -0.05) is 0 Å². The predicted octanol–water partition coefficient (Wildman–Crippen LogP) is 0.941. The van der Waals surface area contributed by atoms with Gasteiger partial charge in [-0.2, -0.15) is 0 Å². The molecule has 2 aromatic rings. The molecule has 5 heteroatoms. The van der Waals surface area contributed by atoms with Crippen molar-refractivity contribution in [3.8, 4) is 0 Å². The maximum Gasteiger partial charge on any atom is 0.277 e. The second-order valence-electron chi connectivity index (χ2n) is 3.75. The Morgan fingerprint density at radius 3 is 3.27 bits per heavy atom. The van der Waals surface area contributed by atoms with Crippen LogP contribution in [0.15, 0.2) is 21.8 Å². The van der Waals surface area contributed by atoms with Crippen LogP contribution < -0.4 is 10.9 Å². The first kappa shape index (κ1) is 8.67. The van der Waals surface area contributed by atoms with Gasteiger partial charge in [0, 0.05) is 17.8 Å². The van der Waals surface area contributed by atoms with Gasteiger partial charge in [-0.05, 0) is 19.4 Å². The number of hydrogen-bond acceptors (Lipinski definition) is 4. The van der Waals surface area contributed by atoms with E-state index in [-0.39, 0.29) is 11.6 Å². The molecule has 1 aliphatic rings. The minimum atomic E-state index is -0.194. The normalized spacial score (nSPS) is 21.2. The van der Waals surface area contributed by atoms with Crippen molar-refractivity contribution < 1.29 is 4.42 Å². The van der Waals surface area contributed by atoms with Gasteiger partial charge < -0.3 is 14.7 Å². The van der Waals surface area contributed by atoms with Crippen molar-refractivity contribution in [3.05, 3.63) is 28.5 Å². The van der Waals surface area contributed by atoms with Crippen molar-refractivity contribution in [2.24, 2.45) is 0 Å². The van der Waals surface area contributed by atoms with Crippen molar-refractivity contribution in [3.63, 3.8) is 0 Å². The molecule has 0 amide bonds. The molecule has 1 saturated heterocycles. The molecule has 0 saturated carbocycles. The van der Waals surface area contributed by atoms with Crippen molar-refractivity contribution in [1.29, 1.82) is 0 Å². The Labute approximate surface area is 85.5 Å². The smallest absolute Gasteiger partial charge is 0.277 e. The molecule has 1 fully saturated rings. The maximum absolute atomic E-state index is 11.4. The standard InChI is InChI=1S/C10H11N3O2/c14-10-8-9(15-5-13-8)6(4-12-10)7-2-1-3-11-7/h4-5,7,11H,1-3H2,(H,12,14)/t7-/m0/s1. The average molecular weight is 205 g/mol. The number of pyridine rings is 1. The molecule has 0 radical (unpaired) electrons. The molecular weight excluding hydrogens is 194 g/mol. The first-order chi connectivity index (χ1) is 7.36. The van der Waals surface area contributed by atoms with Crippen LogP contribution in [0.4, 0.5) is 0 Å². The Balaban J connectivity index is 2.22. The number of aromatic amines is 1. The summed E-state index contributed by atoms with van der Waals surface area (Å²) >= 11 is 0. The quantitative estimate of drug-likeness (QED) is 0.726. The van der Waals surface area contributed by atoms with E-state index < -0.39 is 0 Å². The van der Waals surface area contributed by atoms with E-state index in [1.54, 1.807) is 6.20 Å². The molecule has 15 heavy (non-hydrogen) atoms. The number of nitrogens with one attached hydrogen (secondary N) is 2. The lowest BCUT2D eigenvalue weighted by atomic mass is 10.1. The fourth-order valence-corrected chi connectivity index (χ4v) is 2.10. The van der Waals surface area contributed by atoms with Crippen LogP contribution in [0.5, 0.6) is 0 Å². The van der Waals surface area contributed by atoms with Crippen LogP contribution in [0.3, 0.4) is 0 Å². The first-order valence-corrected chi connectivity index (χ1v) is 5.04. The van der Waals surface area contributed by atoms with E-state index in [9.17, 15) is 4.79 Å². The molecule has 2 aromatic heterocycles. The molecule has 0 spiro atoms. The Morgan fingerprint density at radius 2 is 2.47 bits per heavy atom. The summed E-state index contributed by atoms with van der Waals surface area (Å²) in [5.41, 5.74) is 1.81. The largest absolute Gasteiger partial charge is 0.443 e. The third-order valence-corrected chi connectivity index (χ3v) is 2.84. The van der Waals surface area contributed by atoms with Crippen molar-refractivity contribution in [1.82, 2.24) is 15.3 Å². The van der Waals surface area contributed by atoms with Gasteiger partial charge in [0.25, 0.3) is 5.56 Å². The fraction of sp³-hybridized carbons (Fsp3) is 0.400. The second kappa shape index (κ2) is 3.20. The van der Waals surface area contributed by atoms with Gasteiger partial charge in [0.15, 0.2) is 17.5 Å². The lowest BCUT2D eigenvalue weighted by molar-refractivity contribution is 0.578. The second-order valence-corrected chi connectivity index (χ2v) is 3.75. The third-order valence-electron chi connectivity index (χ3n) is 2.84. The number of nitrogens with zero attached hydrogens (tertiary/aromatic N) is 1. The average Bonchev–Trinajstić information content (AvgIpc) is 2.88. The highest BCUT2D eigenvalue weighted by Crippen LogP contribution is 2.27. The summed E-state index contributed by atoms with van der Waals surface area (Å²) in [4.78, 5) is 18.0. The van der Waals surface area contributed by atoms with Gasteiger partial charge in [-0.3, -0.25) is 4.79 Å². The molecule has 3 rings (SSSR count). The van der Waals surface area contributed by atoms with Crippen LogP contribution >= 0.6 is 0 Å². The summed E-state index contributed by atoms with van der Waals surface area (Å²) in [6, 6.07) is 0.275. The van der Waals surface area contributed by atoms with Crippen LogP contribution in [0, 0.1) is 0 Å². The van der Waals surface area contributed by atoms with Crippen LogP contribution in [0.1, 0.15) is 24.4 Å². The number of hydrogen-bond donors (Lipinski definition) is 2. The molecule has 0 bridgehead atoms. The van der Waals surface area contributed by atoms with Gasteiger partial charge in [0.1, 0.15) is 0 Å². The summed E-state index contributed by atoms with van der Waals surface area (Å²) < 4.78 is 5.27. The molecule has 1 atom stereocenters. The van der Waals surface area contributed by atoms with Crippen LogP contribution in [0.2, 0.25) is 0 Å². The van der Waals surface area contributed by atoms with Gasteiger partial charge in [-0.15, -0.1) is 0 Å². The van der Waals surface area contributed by atoms with E-state index in [4.69, 9.17) is 4.42 Å². The maximum atomic E-state index is 11.4. The van der Waals surface area contributed by atoms with E-state index in [0.29, 0.717) is 11.1 Å². The first-order valence-electron chi connectivity index (χ1n) is 5.04. The highest BCUT2D eigenvalue weighted by Gasteiger charge is 2.21. The zero-order valence-electron chi connectivity index (χ0n) is 8.12. The summed E-state index contributed by atoms with van der Waals surface area (Å²) in [5, 5.41) is 3.36. The van der Waals surface area contributed by atoms with E-state index in [0.717, 1.165) is 24.9 Å². The van der Waals surface area contributed by atoms with Gasteiger partial charge in [0.2, 0.25) is 0 Å².